The fourth-order valence-corrected chi connectivity index (χ4v) is 5.52. The van der Waals surface area contributed by atoms with Crippen molar-refractivity contribution in [1.29, 1.82) is 0 Å². The minimum atomic E-state index is -0.0669. The molecule has 0 N–H and O–H groups in total. The summed E-state index contributed by atoms with van der Waals surface area (Å²) in [6.45, 7) is 13.5. The predicted molar refractivity (Wildman–Crippen MR) is 132 cm³/mol. The number of hydrogen-bond donors (Lipinski definition) is 0. The molecule has 1 aliphatic rings. The molecule has 0 radical (unpaired) electrons. The van der Waals surface area contributed by atoms with Crippen LogP contribution in [0.2, 0.25) is 0 Å². The van der Waals surface area contributed by atoms with Crippen molar-refractivity contribution in [3.05, 3.63) is 100 Å². The molecule has 0 spiro atoms. The van der Waals surface area contributed by atoms with E-state index in [1.54, 1.807) is 0 Å². The van der Waals surface area contributed by atoms with Crippen LogP contribution in [0.5, 0.6) is 0 Å². The number of benzene rings is 3. The Labute approximate surface area is 185 Å². The second-order valence-electron chi connectivity index (χ2n) is 9.65. The summed E-state index contributed by atoms with van der Waals surface area (Å²) < 4.78 is 0. The second-order valence-corrected chi connectivity index (χ2v) is 9.65. The van der Waals surface area contributed by atoms with Crippen LogP contribution < -0.4 is 0 Å². The SMILES string of the molecule is Cc1cc(C)cc(-c2nc(-c3ccccc3)cc3c2-c2cc(C)cc(C)c2C3(C)C)c1. The standard InChI is InChI=1S/C30H29N/c1-18-12-19(2)15-23(14-18)29-27-24-16-20(3)13-21(4)28(24)30(5,6)25(27)17-26(31-29)22-10-8-7-9-11-22/h7-17H,1-6H3. The molecule has 1 aliphatic carbocycles. The Morgan fingerprint density at radius 2 is 1.32 bits per heavy atom. The third-order valence-electron chi connectivity index (χ3n) is 6.63. The van der Waals surface area contributed by atoms with Gasteiger partial charge in [-0.15, -0.1) is 0 Å². The Hall–Kier alpha value is -3.19. The monoisotopic (exact) mass is 403 g/mol. The van der Waals surface area contributed by atoms with E-state index in [2.05, 4.69) is 108 Å². The van der Waals surface area contributed by atoms with Crippen molar-refractivity contribution in [3.8, 4) is 33.6 Å². The zero-order valence-corrected chi connectivity index (χ0v) is 19.3. The van der Waals surface area contributed by atoms with Crippen molar-refractivity contribution >= 4 is 0 Å². The van der Waals surface area contributed by atoms with Gasteiger partial charge >= 0.3 is 0 Å². The van der Waals surface area contributed by atoms with Crippen molar-refractivity contribution in [2.24, 2.45) is 0 Å². The lowest BCUT2D eigenvalue weighted by Gasteiger charge is -2.24. The molecule has 0 amide bonds. The van der Waals surface area contributed by atoms with Crippen molar-refractivity contribution in [2.45, 2.75) is 47.0 Å². The van der Waals surface area contributed by atoms with Gasteiger partial charge in [-0.25, -0.2) is 4.98 Å². The minimum absolute atomic E-state index is 0.0669. The highest BCUT2D eigenvalue weighted by Crippen LogP contribution is 2.53. The maximum absolute atomic E-state index is 5.29. The highest BCUT2D eigenvalue weighted by molar-refractivity contribution is 5.93. The van der Waals surface area contributed by atoms with Crippen LogP contribution in [0.3, 0.4) is 0 Å². The average molecular weight is 404 g/mol. The largest absolute Gasteiger partial charge is 0.247 e. The third kappa shape index (κ3) is 3.11. The Morgan fingerprint density at radius 3 is 2.00 bits per heavy atom. The quantitative estimate of drug-likeness (QED) is 0.331. The van der Waals surface area contributed by atoms with E-state index in [9.17, 15) is 0 Å². The van der Waals surface area contributed by atoms with Gasteiger partial charge < -0.3 is 0 Å². The van der Waals surface area contributed by atoms with E-state index >= 15 is 0 Å². The molecule has 0 atom stereocenters. The van der Waals surface area contributed by atoms with E-state index in [1.807, 2.05) is 0 Å². The topological polar surface area (TPSA) is 12.9 Å². The maximum atomic E-state index is 5.29. The molecule has 1 aromatic heterocycles. The van der Waals surface area contributed by atoms with Crippen LogP contribution in [0.1, 0.15) is 47.2 Å². The Bertz CT molecular complexity index is 1310. The summed E-state index contributed by atoms with van der Waals surface area (Å²) >= 11 is 0. The molecule has 5 rings (SSSR count). The molecule has 154 valence electrons. The molecule has 1 nitrogen and oxygen atoms in total. The summed E-state index contributed by atoms with van der Waals surface area (Å²) in [4.78, 5) is 5.29. The van der Waals surface area contributed by atoms with Gasteiger partial charge in [0.25, 0.3) is 0 Å². The number of fused-ring (bicyclic) bond motifs is 3. The van der Waals surface area contributed by atoms with E-state index in [0.29, 0.717) is 0 Å². The lowest BCUT2D eigenvalue weighted by molar-refractivity contribution is 0.655. The summed E-state index contributed by atoms with van der Waals surface area (Å²) in [5.41, 5.74) is 15.1. The molecule has 0 saturated heterocycles. The third-order valence-corrected chi connectivity index (χ3v) is 6.63. The van der Waals surface area contributed by atoms with Crippen LogP contribution in [0.25, 0.3) is 33.6 Å². The first kappa shape index (κ1) is 19.8. The van der Waals surface area contributed by atoms with E-state index in [-0.39, 0.29) is 5.41 Å². The number of pyridine rings is 1. The van der Waals surface area contributed by atoms with Gasteiger partial charge in [-0.3, -0.25) is 0 Å². The number of rotatable bonds is 2. The van der Waals surface area contributed by atoms with Crippen molar-refractivity contribution < 1.29 is 0 Å². The highest BCUT2D eigenvalue weighted by Gasteiger charge is 2.39. The maximum Gasteiger partial charge on any atom is 0.0791 e. The van der Waals surface area contributed by atoms with Crippen molar-refractivity contribution in [1.82, 2.24) is 4.98 Å². The molecule has 31 heavy (non-hydrogen) atoms. The number of nitrogens with zero attached hydrogens (tertiary/aromatic N) is 1. The molecule has 0 saturated carbocycles. The van der Waals surface area contributed by atoms with Gasteiger partial charge in [0.1, 0.15) is 0 Å². The van der Waals surface area contributed by atoms with Gasteiger partial charge in [-0.05, 0) is 68.1 Å². The first-order valence-corrected chi connectivity index (χ1v) is 11.1. The van der Waals surface area contributed by atoms with Gasteiger partial charge in [0, 0.05) is 22.1 Å². The summed E-state index contributed by atoms with van der Waals surface area (Å²) in [5.74, 6) is 0. The first-order chi connectivity index (χ1) is 14.8. The molecule has 1 heterocycles. The second kappa shape index (κ2) is 6.92. The van der Waals surface area contributed by atoms with Crippen LogP contribution in [0.4, 0.5) is 0 Å². The Kier molecular flexibility index (Phi) is 4.41. The first-order valence-electron chi connectivity index (χ1n) is 11.1. The smallest absolute Gasteiger partial charge is 0.0791 e. The van der Waals surface area contributed by atoms with Crippen molar-refractivity contribution in [3.63, 3.8) is 0 Å². The normalized spacial score (nSPS) is 13.7. The molecule has 0 aliphatic heterocycles. The number of aryl methyl sites for hydroxylation is 4. The van der Waals surface area contributed by atoms with E-state index in [4.69, 9.17) is 4.98 Å². The molecule has 0 fully saturated rings. The lowest BCUT2D eigenvalue weighted by Crippen LogP contribution is -2.17. The molecule has 0 unspecified atom stereocenters. The molecule has 3 aromatic carbocycles. The molecular weight excluding hydrogens is 374 g/mol. The Morgan fingerprint density at radius 1 is 0.677 bits per heavy atom. The van der Waals surface area contributed by atoms with Crippen LogP contribution >= 0.6 is 0 Å². The number of hydrogen-bond acceptors (Lipinski definition) is 1. The predicted octanol–water partition coefficient (Wildman–Crippen LogP) is 7.96. The fourth-order valence-electron chi connectivity index (χ4n) is 5.52. The summed E-state index contributed by atoms with van der Waals surface area (Å²) in [6.07, 6.45) is 0. The van der Waals surface area contributed by atoms with Gasteiger partial charge in [0.15, 0.2) is 0 Å². The van der Waals surface area contributed by atoms with E-state index < -0.39 is 0 Å². The molecule has 4 aromatic rings. The zero-order valence-electron chi connectivity index (χ0n) is 19.3. The molecule has 1 heteroatoms. The van der Waals surface area contributed by atoms with Crippen LogP contribution in [0.15, 0.2) is 66.7 Å². The van der Waals surface area contributed by atoms with Crippen LogP contribution in [-0.4, -0.2) is 4.98 Å². The van der Waals surface area contributed by atoms with Crippen LogP contribution in [0, 0.1) is 27.7 Å². The van der Waals surface area contributed by atoms with Crippen LogP contribution in [-0.2, 0) is 5.41 Å². The van der Waals surface area contributed by atoms with Gasteiger partial charge in [-0.2, -0.15) is 0 Å². The summed E-state index contributed by atoms with van der Waals surface area (Å²) in [6, 6.07) is 24.3. The molecule has 0 bridgehead atoms. The van der Waals surface area contributed by atoms with Gasteiger partial charge in [0.05, 0.1) is 11.4 Å². The number of aromatic nitrogens is 1. The summed E-state index contributed by atoms with van der Waals surface area (Å²) in [7, 11) is 0. The van der Waals surface area contributed by atoms with Crippen molar-refractivity contribution in [2.75, 3.05) is 0 Å². The molecular formula is C30H29N. The van der Waals surface area contributed by atoms with E-state index in [1.165, 1.54) is 50.1 Å². The zero-order chi connectivity index (χ0) is 21.9. The fraction of sp³-hybridized carbons (Fsp3) is 0.233. The Balaban J connectivity index is 1.91. The van der Waals surface area contributed by atoms with Gasteiger partial charge in [-0.1, -0.05) is 79.1 Å². The van der Waals surface area contributed by atoms with Gasteiger partial charge in [0.2, 0.25) is 0 Å². The van der Waals surface area contributed by atoms with E-state index in [0.717, 1.165) is 17.0 Å². The highest BCUT2D eigenvalue weighted by atomic mass is 14.7. The average Bonchev–Trinajstić information content (AvgIpc) is 2.94. The minimum Gasteiger partial charge on any atom is -0.247 e. The summed E-state index contributed by atoms with van der Waals surface area (Å²) in [5, 5.41) is 0. The lowest BCUT2D eigenvalue weighted by atomic mass is 9.80.